The van der Waals surface area contributed by atoms with Gasteiger partial charge < -0.3 is 5.32 Å². The summed E-state index contributed by atoms with van der Waals surface area (Å²) in [4.78, 5) is 4.80. The van der Waals surface area contributed by atoms with Crippen LogP contribution in [0.15, 0.2) is 34.5 Å². The van der Waals surface area contributed by atoms with Gasteiger partial charge >= 0.3 is 0 Å². The first kappa shape index (κ1) is 17.5. The molecule has 24 heavy (non-hydrogen) atoms. The molecule has 1 N–H and O–H groups in total. The summed E-state index contributed by atoms with van der Waals surface area (Å²) >= 11 is 1.65. The number of aryl methyl sites for hydroxylation is 1. The van der Waals surface area contributed by atoms with E-state index in [-0.39, 0.29) is 0 Å². The molecular weight excluding hydrogens is 342 g/mol. The van der Waals surface area contributed by atoms with Crippen LogP contribution in [-0.4, -0.2) is 30.8 Å². The smallest absolute Gasteiger partial charge is 0.243 e. The predicted octanol–water partition coefficient (Wildman–Crippen LogP) is 2.92. The molecule has 0 radical (unpaired) electrons. The fourth-order valence-electron chi connectivity index (χ4n) is 2.86. The van der Waals surface area contributed by atoms with E-state index in [1.54, 1.807) is 27.8 Å². The summed E-state index contributed by atoms with van der Waals surface area (Å²) in [6, 6.07) is 7.20. The van der Waals surface area contributed by atoms with Gasteiger partial charge in [0.1, 0.15) is 0 Å². The highest BCUT2D eigenvalue weighted by Gasteiger charge is 2.25. The van der Waals surface area contributed by atoms with E-state index in [1.807, 2.05) is 19.1 Å². The van der Waals surface area contributed by atoms with Crippen molar-refractivity contribution in [3.05, 3.63) is 45.9 Å². The molecule has 2 aromatic rings. The highest BCUT2D eigenvalue weighted by Crippen LogP contribution is 2.20. The second-order valence-electron chi connectivity index (χ2n) is 6.07. The lowest BCUT2D eigenvalue weighted by atomic mass is 10.2. The molecule has 0 saturated carbocycles. The van der Waals surface area contributed by atoms with Gasteiger partial charge in [0.15, 0.2) is 0 Å². The van der Waals surface area contributed by atoms with Gasteiger partial charge in [-0.3, -0.25) is 0 Å². The Morgan fingerprint density at radius 2 is 1.83 bits per heavy atom. The highest BCUT2D eigenvalue weighted by molar-refractivity contribution is 7.89. The largest absolute Gasteiger partial charge is 0.307 e. The number of aromatic nitrogens is 1. The second-order valence-corrected chi connectivity index (χ2v) is 9.07. The number of sulfonamides is 1. The lowest BCUT2D eigenvalue weighted by Crippen LogP contribution is -2.35. The van der Waals surface area contributed by atoms with Crippen LogP contribution in [0.4, 0.5) is 0 Å². The molecule has 130 valence electrons. The number of hydrogen-bond donors (Lipinski definition) is 1. The summed E-state index contributed by atoms with van der Waals surface area (Å²) in [6.45, 7) is 4.69. The number of nitrogens with zero attached hydrogens (tertiary/aromatic N) is 2. The molecule has 0 atom stereocenters. The number of hydrogen-bond acceptors (Lipinski definition) is 5. The van der Waals surface area contributed by atoms with Crippen LogP contribution >= 0.6 is 11.3 Å². The average Bonchev–Trinajstić information content (AvgIpc) is 3.01. The fraction of sp³-hybridized carbons (Fsp3) is 0.471. The summed E-state index contributed by atoms with van der Waals surface area (Å²) in [5, 5.41) is 6.46. The molecule has 3 rings (SSSR count). The van der Waals surface area contributed by atoms with E-state index in [0.29, 0.717) is 24.5 Å². The van der Waals surface area contributed by atoms with E-state index < -0.39 is 10.0 Å². The van der Waals surface area contributed by atoms with Gasteiger partial charge in [-0.1, -0.05) is 18.6 Å². The fourth-order valence-corrected chi connectivity index (χ4v) is 4.99. The van der Waals surface area contributed by atoms with E-state index in [9.17, 15) is 8.42 Å². The minimum absolute atomic E-state index is 0.392. The van der Waals surface area contributed by atoms with Crippen molar-refractivity contribution in [3.63, 3.8) is 0 Å². The molecule has 1 aromatic carbocycles. The van der Waals surface area contributed by atoms with Gasteiger partial charge in [0.25, 0.3) is 0 Å². The average molecular weight is 366 g/mol. The number of thiazole rings is 1. The topological polar surface area (TPSA) is 62.3 Å². The Hall–Kier alpha value is -1.28. The number of piperidine rings is 1. The van der Waals surface area contributed by atoms with Gasteiger partial charge in [-0.15, -0.1) is 11.3 Å². The number of nitrogens with one attached hydrogen (secondary N) is 1. The number of rotatable bonds is 6. The molecule has 0 spiro atoms. The Balaban J connectivity index is 1.58. The normalized spacial score (nSPS) is 16.4. The lowest BCUT2D eigenvalue weighted by molar-refractivity contribution is 0.346. The molecule has 5 nitrogen and oxygen atoms in total. The summed E-state index contributed by atoms with van der Waals surface area (Å²) in [5.41, 5.74) is 2.11. The van der Waals surface area contributed by atoms with Crippen molar-refractivity contribution < 1.29 is 8.42 Å². The van der Waals surface area contributed by atoms with Crippen LogP contribution < -0.4 is 5.32 Å². The SMILES string of the molecule is Cc1nc(CNCc2ccc(S(=O)(=O)N3CCCCC3)cc2)cs1. The third-order valence-electron chi connectivity index (χ3n) is 4.18. The van der Waals surface area contributed by atoms with Crippen LogP contribution in [-0.2, 0) is 23.1 Å². The van der Waals surface area contributed by atoms with Crippen LogP contribution in [0.1, 0.15) is 35.5 Å². The lowest BCUT2D eigenvalue weighted by Gasteiger charge is -2.25. The minimum Gasteiger partial charge on any atom is -0.307 e. The van der Waals surface area contributed by atoms with E-state index in [0.717, 1.165) is 42.1 Å². The molecular formula is C17H23N3O2S2. The van der Waals surface area contributed by atoms with Crippen molar-refractivity contribution in [2.75, 3.05) is 13.1 Å². The van der Waals surface area contributed by atoms with Gasteiger partial charge in [0, 0.05) is 31.6 Å². The Kier molecular flexibility index (Phi) is 5.65. The molecule has 0 amide bonds. The van der Waals surface area contributed by atoms with Gasteiger partial charge in [0.2, 0.25) is 10.0 Å². The monoisotopic (exact) mass is 365 g/mol. The van der Waals surface area contributed by atoms with Crippen molar-refractivity contribution in [2.45, 2.75) is 44.2 Å². The molecule has 7 heteroatoms. The van der Waals surface area contributed by atoms with Crippen molar-refractivity contribution in [1.29, 1.82) is 0 Å². The molecule has 1 aromatic heterocycles. The highest BCUT2D eigenvalue weighted by atomic mass is 32.2. The van der Waals surface area contributed by atoms with Gasteiger partial charge in [-0.2, -0.15) is 4.31 Å². The first-order valence-electron chi connectivity index (χ1n) is 8.26. The molecule has 0 bridgehead atoms. The Bertz CT molecular complexity index is 763. The third-order valence-corrected chi connectivity index (χ3v) is 6.91. The van der Waals surface area contributed by atoms with Crippen LogP contribution in [0.2, 0.25) is 0 Å². The van der Waals surface area contributed by atoms with Crippen LogP contribution in [0.25, 0.3) is 0 Å². The van der Waals surface area contributed by atoms with Gasteiger partial charge in [0.05, 0.1) is 15.6 Å². The zero-order valence-electron chi connectivity index (χ0n) is 13.9. The third kappa shape index (κ3) is 4.22. The molecule has 1 aliphatic heterocycles. The molecule has 1 fully saturated rings. The zero-order valence-corrected chi connectivity index (χ0v) is 15.5. The van der Waals surface area contributed by atoms with Crippen molar-refractivity contribution in [3.8, 4) is 0 Å². The maximum Gasteiger partial charge on any atom is 0.243 e. The van der Waals surface area contributed by atoms with Gasteiger partial charge in [-0.05, 0) is 37.5 Å². The van der Waals surface area contributed by atoms with E-state index >= 15 is 0 Å². The summed E-state index contributed by atoms with van der Waals surface area (Å²) in [6.07, 6.45) is 3.03. The Labute approximate surface area is 147 Å². The van der Waals surface area contributed by atoms with E-state index in [4.69, 9.17) is 0 Å². The molecule has 2 heterocycles. The molecule has 1 saturated heterocycles. The maximum atomic E-state index is 12.6. The summed E-state index contributed by atoms with van der Waals surface area (Å²) < 4.78 is 26.8. The predicted molar refractivity (Wildman–Crippen MR) is 96.4 cm³/mol. The summed E-state index contributed by atoms with van der Waals surface area (Å²) in [5.74, 6) is 0. The summed E-state index contributed by atoms with van der Waals surface area (Å²) in [7, 11) is -3.34. The molecule has 1 aliphatic rings. The maximum absolute atomic E-state index is 12.6. The quantitative estimate of drug-likeness (QED) is 0.855. The first-order chi connectivity index (χ1) is 11.6. The van der Waals surface area contributed by atoms with Crippen molar-refractivity contribution in [2.24, 2.45) is 0 Å². The number of benzene rings is 1. The van der Waals surface area contributed by atoms with E-state index in [2.05, 4.69) is 15.7 Å². The Morgan fingerprint density at radius 3 is 2.46 bits per heavy atom. The second kappa shape index (κ2) is 7.74. The van der Waals surface area contributed by atoms with Gasteiger partial charge in [-0.25, -0.2) is 13.4 Å². The van der Waals surface area contributed by atoms with E-state index in [1.165, 1.54) is 0 Å². The molecule has 0 unspecified atom stereocenters. The van der Waals surface area contributed by atoms with Crippen LogP contribution in [0.5, 0.6) is 0 Å². The first-order valence-corrected chi connectivity index (χ1v) is 10.6. The minimum atomic E-state index is -3.34. The van der Waals surface area contributed by atoms with Crippen LogP contribution in [0, 0.1) is 6.92 Å². The standard InChI is InChI=1S/C17H23N3O2S2/c1-14-19-16(13-23-14)12-18-11-15-5-7-17(8-6-15)24(21,22)20-9-3-2-4-10-20/h5-8,13,18H,2-4,9-12H2,1H3. The zero-order chi connectivity index (χ0) is 17.0. The van der Waals surface area contributed by atoms with Crippen LogP contribution in [0.3, 0.4) is 0 Å². The van der Waals surface area contributed by atoms with Crippen molar-refractivity contribution >= 4 is 21.4 Å². The van der Waals surface area contributed by atoms with Crippen molar-refractivity contribution in [1.82, 2.24) is 14.6 Å². The molecule has 0 aliphatic carbocycles. The Morgan fingerprint density at radius 1 is 1.12 bits per heavy atom.